The van der Waals surface area contributed by atoms with Crippen LogP contribution in [0.3, 0.4) is 0 Å². The number of aromatic amines is 1. The number of rotatable bonds is 6. The lowest BCUT2D eigenvalue weighted by Crippen LogP contribution is -2.34. The van der Waals surface area contributed by atoms with Gasteiger partial charge in [0.2, 0.25) is 17.8 Å². The summed E-state index contributed by atoms with van der Waals surface area (Å²) in [6, 6.07) is 10.5. The highest BCUT2D eigenvalue weighted by atomic mass is 19.4. The molecular weight excluding hydrogens is 521 g/mol. The van der Waals surface area contributed by atoms with Gasteiger partial charge in [0.1, 0.15) is 5.56 Å². The van der Waals surface area contributed by atoms with E-state index in [9.17, 15) is 22.8 Å². The number of hydrogen-bond donors (Lipinski definition) is 2. The Morgan fingerprint density at radius 3 is 2.67 bits per heavy atom. The number of para-hydroxylation sites is 1. The molecule has 11 heteroatoms. The molecule has 1 atom stereocenters. The summed E-state index contributed by atoms with van der Waals surface area (Å²) in [5.74, 6) is -1.58. The average molecular weight is 547 g/mol. The van der Waals surface area contributed by atoms with Crippen LogP contribution in [0, 0.1) is 0 Å². The standard InChI is InChI=1S/C29H25F3N6O2/c1-3-25(39)38-12-6-7-19(16-38)23-11-10-18(13-33-23)17(2)27(40)37-28-35-15-22(29(30,31)32)26(36-28)21-14-34-24-9-5-4-8-20(21)24/h3-5,7-11,13-15,17,34H,1,6,12,16H2,2H3,(H,35,36,37,40). The van der Waals surface area contributed by atoms with E-state index in [4.69, 9.17) is 0 Å². The highest BCUT2D eigenvalue weighted by Gasteiger charge is 2.36. The number of hydrogen-bond acceptors (Lipinski definition) is 5. The zero-order valence-electron chi connectivity index (χ0n) is 21.5. The smallest absolute Gasteiger partial charge is 0.360 e. The van der Waals surface area contributed by atoms with E-state index >= 15 is 0 Å². The molecule has 0 saturated carbocycles. The summed E-state index contributed by atoms with van der Waals surface area (Å²) in [6.45, 7) is 6.21. The van der Waals surface area contributed by atoms with E-state index in [-0.39, 0.29) is 23.1 Å². The second kappa shape index (κ2) is 10.8. The molecule has 8 nitrogen and oxygen atoms in total. The summed E-state index contributed by atoms with van der Waals surface area (Å²) in [5.41, 5.74) is 1.75. The Hall–Kier alpha value is -4.80. The summed E-state index contributed by atoms with van der Waals surface area (Å²) in [7, 11) is 0. The molecule has 1 aromatic carbocycles. The molecule has 1 aliphatic heterocycles. The molecule has 2 amide bonds. The third-order valence-corrected chi connectivity index (χ3v) is 6.82. The maximum atomic E-state index is 13.8. The van der Waals surface area contributed by atoms with Gasteiger partial charge in [0.05, 0.1) is 17.3 Å². The number of benzene rings is 1. The van der Waals surface area contributed by atoms with Crippen molar-refractivity contribution in [2.24, 2.45) is 0 Å². The lowest BCUT2D eigenvalue weighted by molar-refractivity contribution is -0.137. The minimum absolute atomic E-state index is 0.147. The first-order chi connectivity index (χ1) is 19.2. The maximum Gasteiger partial charge on any atom is 0.419 e. The summed E-state index contributed by atoms with van der Waals surface area (Å²) in [4.78, 5) is 42.0. The fraction of sp³-hybridized carbons (Fsp3) is 0.207. The highest BCUT2D eigenvalue weighted by molar-refractivity contribution is 5.97. The van der Waals surface area contributed by atoms with Gasteiger partial charge in [-0.05, 0) is 42.7 Å². The Bertz CT molecular complexity index is 1630. The first kappa shape index (κ1) is 26.8. The molecule has 0 fully saturated rings. The van der Waals surface area contributed by atoms with Crippen LogP contribution in [0.25, 0.3) is 27.7 Å². The van der Waals surface area contributed by atoms with Crippen molar-refractivity contribution in [1.29, 1.82) is 0 Å². The van der Waals surface area contributed by atoms with Crippen LogP contribution in [0.15, 0.2) is 73.7 Å². The molecule has 5 rings (SSSR count). The van der Waals surface area contributed by atoms with Crippen molar-refractivity contribution < 1.29 is 22.8 Å². The maximum absolute atomic E-state index is 13.8. The van der Waals surface area contributed by atoms with Gasteiger partial charge < -0.3 is 9.88 Å². The van der Waals surface area contributed by atoms with Gasteiger partial charge >= 0.3 is 6.18 Å². The third-order valence-electron chi connectivity index (χ3n) is 6.82. The number of pyridine rings is 1. The Labute approximate surface area is 227 Å². The number of anilines is 1. The Kier molecular flexibility index (Phi) is 7.20. The molecule has 40 heavy (non-hydrogen) atoms. The van der Waals surface area contributed by atoms with Gasteiger partial charge in [-0.1, -0.05) is 36.9 Å². The first-order valence-electron chi connectivity index (χ1n) is 12.5. The number of carbonyl (C=O) groups is 2. The number of amides is 2. The minimum atomic E-state index is -4.69. The quantitative estimate of drug-likeness (QED) is 0.307. The Morgan fingerprint density at radius 1 is 1.15 bits per heavy atom. The van der Waals surface area contributed by atoms with Crippen molar-refractivity contribution in [3.8, 4) is 11.3 Å². The molecule has 204 valence electrons. The van der Waals surface area contributed by atoms with Gasteiger partial charge in [-0.25, -0.2) is 9.97 Å². The van der Waals surface area contributed by atoms with Crippen LogP contribution in [0.4, 0.5) is 19.1 Å². The molecule has 0 spiro atoms. The summed E-state index contributed by atoms with van der Waals surface area (Å²) in [6.07, 6.45) is 3.02. The molecule has 0 radical (unpaired) electrons. The van der Waals surface area contributed by atoms with Gasteiger partial charge in [-0.2, -0.15) is 13.2 Å². The minimum Gasteiger partial charge on any atom is -0.360 e. The van der Waals surface area contributed by atoms with Crippen molar-refractivity contribution in [2.45, 2.75) is 25.4 Å². The van der Waals surface area contributed by atoms with Crippen LogP contribution >= 0.6 is 0 Å². The number of carbonyl (C=O) groups excluding carboxylic acids is 2. The second-order valence-corrected chi connectivity index (χ2v) is 9.37. The lowest BCUT2D eigenvalue weighted by atomic mass is 10.00. The van der Waals surface area contributed by atoms with Crippen molar-refractivity contribution in [2.75, 3.05) is 18.4 Å². The largest absolute Gasteiger partial charge is 0.419 e. The van der Waals surface area contributed by atoms with Crippen molar-refractivity contribution in [3.63, 3.8) is 0 Å². The molecule has 3 aromatic heterocycles. The second-order valence-electron chi connectivity index (χ2n) is 9.37. The van der Waals surface area contributed by atoms with Gasteiger partial charge in [-0.3, -0.25) is 19.9 Å². The van der Waals surface area contributed by atoms with E-state index in [0.29, 0.717) is 47.9 Å². The predicted molar refractivity (Wildman–Crippen MR) is 145 cm³/mol. The van der Waals surface area contributed by atoms with Crippen LogP contribution in [-0.2, 0) is 15.8 Å². The van der Waals surface area contributed by atoms with E-state index < -0.39 is 23.6 Å². The highest BCUT2D eigenvalue weighted by Crippen LogP contribution is 2.38. The zero-order chi connectivity index (χ0) is 28.4. The lowest BCUT2D eigenvalue weighted by Gasteiger charge is -2.26. The zero-order valence-corrected chi connectivity index (χ0v) is 21.5. The predicted octanol–water partition coefficient (Wildman–Crippen LogP) is 5.58. The van der Waals surface area contributed by atoms with Crippen LogP contribution in [0.5, 0.6) is 0 Å². The third kappa shape index (κ3) is 5.35. The molecule has 0 aliphatic carbocycles. The van der Waals surface area contributed by atoms with Crippen LogP contribution < -0.4 is 5.32 Å². The molecule has 1 aliphatic rings. The van der Waals surface area contributed by atoms with E-state index in [2.05, 4.69) is 31.8 Å². The molecule has 4 aromatic rings. The van der Waals surface area contributed by atoms with Crippen LogP contribution in [0.2, 0.25) is 0 Å². The summed E-state index contributed by atoms with van der Waals surface area (Å²) >= 11 is 0. The van der Waals surface area contributed by atoms with E-state index in [1.165, 1.54) is 12.3 Å². The fourth-order valence-electron chi connectivity index (χ4n) is 4.59. The number of fused-ring (bicyclic) bond motifs is 1. The molecule has 0 bridgehead atoms. The molecule has 0 saturated heterocycles. The topological polar surface area (TPSA) is 104 Å². The van der Waals surface area contributed by atoms with Crippen molar-refractivity contribution in [3.05, 3.63) is 90.5 Å². The summed E-state index contributed by atoms with van der Waals surface area (Å²) in [5, 5.41) is 3.10. The number of H-pyrrole nitrogens is 1. The molecule has 4 heterocycles. The van der Waals surface area contributed by atoms with E-state index in [1.807, 2.05) is 6.08 Å². The van der Waals surface area contributed by atoms with Gasteiger partial charge in [-0.15, -0.1) is 0 Å². The Balaban J connectivity index is 1.36. The number of nitrogens with one attached hydrogen (secondary N) is 2. The fourth-order valence-corrected chi connectivity index (χ4v) is 4.59. The normalized spacial score (nSPS) is 14.5. The number of halogens is 3. The van der Waals surface area contributed by atoms with E-state index in [1.54, 1.807) is 54.4 Å². The summed E-state index contributed by atoms with van der Waals surface area (Å²) < 4.78 is 41.5. The van der Waals surface area contributed by atoms with Gasteiger partial charge in [0.15, 0.2) is 0 Å². The average Bonchev–Trinajstić information content (AvgIpc) is 3.40. The number of alkyl halides is 3. The van der Waals surface area contributed by atoms with Crippen LogP contribution in [-0.4, -0.2) is 49.7 Å². The Morgan fingerprint density at radius 2 is 1.95 bits per heavy atom. The molecule has 2 N–H and O–H groups in total. The first-order valence-corrected chi connectivity index (χ1v) is 12.5. The van der Waals surface area contributed by atoms with E-state index in [0.717, 1.165) is 5.57 Å². The number of aromatic nitrogens is 4. The van der Waals surface area contributed by atoms with Crippen molar-refractivity contribution >= 4 is 34.2 Å². The monoisotopic (exact) mass is 546 g/mol. The number of nitrogens with zero attached hydrogens (tertiary/aromatic N) is 4. The van der Waals surface area contributed by atoms with Crippen molar-refractivity contribution in [1.82, 2.24) is 24.8 Å². The van der Waals surface area contributed by atoms with Gasteiger partial charge in [0.25, 0.3) is 0 Å². The SMILES string of the molecule is C=CC(=O)N1CCC=C(c2ccc(C(C)C(=O)Nc3ncc(C(F)(F)F)c(-c4c[nH]c5ccccc45)n3)cn2)C1. The van der Waals surface area contributed by atoms with Crippen LogP contribution in [0.1, 0.15) is 36.1 Å². The molecule has 1 unspecified atom stereocenters. The molecular formula is C29H25F3N6O2. The van der Waals surface area contributed by atoms with Gasteiger partial charge in [0, 0.05) is 48.1 Å².